The zero-order valence-corrected chi connectivity index (χ0v) is 16.2. The molecule has 148 valence electrons. The van der Waals surface area contributed by atoms with Gasteiger partial charge in [-0.15, -0.1) is 0 Å². The number of hydrogen-bond donors (Lipinski definition) is 2. The molecular weight excluding hydrogens is 357 g/mol. The lowest BCUT2D eigenvalue weighted by Crippen LogP contribution is -2.43. The number of carbonyl (C=O) groups is 2. The summed E-state index contributed by atoms with van der Waals surface area (Å²) in [4.78, 5) is 27.3. The van der Waals surface area contributed by atoms with Crippen molar-refractivity contribution in [2.75, 3.05) is 30.3 Å². The Kier molecular flexibility index (Phi) is 6.41. The maximum Gasteiger partial charge on any atom is 0.257 e. The molecule has 2 atom stereocenters. The summed E-state index contributed by atoms with van der Waals surface area (Å²) < 4.78 is 13.0. The highest BCUT2D eigenvalue weighted by Crippen LogP contribution is 2.21. The molecule has 0 radical (unpaired) electrons. The maximum absolute atomic E-state index is 13.0. The molecule has 0 spiro atoms. The van der Waals surface area contributed by atoms with E-state index in [0.717, 1.165) is 13.1 Å². The second kappa shape index (κ2) is 8.97. The van der Waals surface area contributed by atoms with Crippen LogP contribution in [0.25, 0.3) is 0 Å². The van der Waals surface area contributed by atoms with E-state index in [1.807, 2.05) is 0 Å². The molecular formula is C22H26FN3O2. The van der Waals surface area contributed by atoms with E-state index in [4.69, 9.17) is 0 Å². The molecule has 1 heterocycles. The number of amides is 2. The van der Waals surface area contributed by atoms with Gasteiger partial charge in [0.1, 0.15) is 5.82 Å². The van der Waals surface area contributed by atoms with Crippen molar-refractivity contribution in [2.45, 2.75) is 20.3 Å². The monoisotopic (exact) mass is 383 g/mol. The standard InChI is InChI=1S/C22H26FN3O2/c1-15-11-16(2)13-26(12-15)14-21(27)25-20-6-4-3-5-19(20)22(28)24-18-9-7-17(23)8-10-18/h3-10,15-16H,11-14H2,1-2H3,(H,24,28)(H,25,27). The molecule has 2 amide bonds. The van der Waals surface area contributed by atoms with Gasteiger partial charge >= 0.3 is 0 Å². The van der Waals surface area contributed by atoms with E-state index in [2.05, 4.69) is 29.4 Å². The molecule has 0 aliphatic carbocycles. The van der Waals surface area contributed by atoms with E-state index in [-0.39, 0.29) is 17.6 Å². The minimum Gasteiger partial charge on any atom is -0.324 e. The van der Waals surface area contributed by atoms with Crippen molar-refractivity contribution in [1.29, 1.82) is 0 Å². The van der Waals surface area contributed by atoms with Gasteiger partial charge in [0.15, 0.2) is 0 Å². The van der Waals surface area contributed by atoms with Crippen LogP contribution in [0.2, 0.25) is 0 Å². The van der Waals surface area contributed by atoms with E-state index in [1.165, 1.54) is 30.7 Å². The number of benzene rings is 2. The number of para-hydroxylation sites is 1. The third-order valence-electron chi connectivity index (χ3n) is 4.86. The lowest BCUT2D eigenvalue weighted by molar-refractivity contribution is -0.117. The van der Waals surface area contributed by atoms with Crippen molar-refractivity contribution in [3.05, 3.63) is 59.9 Å². The largest absolute Gasteiger partial charge is 0.324 e. The minimum atomic E-state index is -0.369. The van der Waals surface area contributed by atoms with Crippen LogP contribution in [-0.2, 0) is 4.79 Å². The highest BCUT2D eigenvalue weighted by Gasteiger charge is 2.23. The number of carbonyl (C=O) groups excluding carboxylic acids is 2. The van der Waals surface area contributed by atoms with Crippen molar-refractivity contribution >= 4 is 23.2 Å². The van der Waals surface area contributed by atoms with Crippen LogP contribution in [0.3, 0.4) is 0 Å². The van der Waals surface area contributed by atoms with Crippen molar-refractivity contribution in [2.24, 2.45) is 11.8 Å². The second-order valence-corrected chi connectivity index (χ2v) is 7.69. The average molecular weight is 383 g/mol. The molecule has 1 fully saturated rings. The molecule has 28 heavy (non-hydrogen) atoms. The molecule has 1 saturated heterocycles. The zero-order valence-electron chi connectivity index (χ0n) is 16.2. The first kappa shape index (κ1) is 20.0. The van der Waals surface area contributed by atoms with Gasteiger partial charge in [-0.25, -0.2) is 4.39 Å². The number of halogens is 1. The summed E-state index contributed by atoms with van der Waals surface area (Å²) in [7, 11) is 0. The fraction of sp³-hybridized carbons (Fsp3) is 0.364. The van der Waals surface area contributed by atoms with Gasteiger partial charge in [0.2, 0.25) is 5.91 Å². The number of hydrogen-bond acceptors (Lipinski definition) is 3. The lowest BCUT2D eigenvalue weighted by Gasteiger charge is -2.34. The minimum absolute atomic E-state index is 0.136. The SMILES string of the molecule is CC1CC(C)CN(CC(=O)Nc2ccccc2C(=O)Nc2ccc(F)cc2)C1. The first-order chi connectivity index (χ1) is 13.4. The average Bonchev–Trinajstić information content (AvgIpc) is 2.63. The van der Waals surface area contributed by atoms with Crippen LogP contribution in [0.5, 0.6) is 0 Å². The van der Waals surface area contributed by atoms with Gasteiger partial charge in [-0.05, 0) is 54.7 Å². The topological polar surface area (TPSA) is 61.4 Å². The smallest absolute Gasteiger partial charge is 0.257 e. The van der Waals surface area contributed by atoms with Crippen LogP contribution < -0.4 is 10.6 Å². The van der Waals surface area contributed by atoms with Crippen molar-refractivity contribution in [3.8, 4) is 0 Å². The van der Waals surface area contributed by atoms with Gasteiger partial charge in [-0.2, -0.15) is 0 Å². The van der Waals surface area contributed by atoms with Gasteiger partial charge in [0.05, 0.1) is 17.8 Å². The fourth-order valence-electron chi connectivity index (χ4n) is 3.84. The predicted molar refractivity (Wildman–Crippen MR) is 109 cm³/mol. The van der Waals surface area contributed by atoms with E-state index in [0.29, 0.717) is 35.3 Å². The maximum atomic E-state index is 13.0. The Hall–Kier alpha value is -2.73. The summed E-state index contributed by atoms with van der Waals surface area (Å²) in [6, 6.07) is 12.4. The zero-order chi connectivity index (χ0) is 20.1. The van der Waals surface area contributed by atoms with Crippen LogP contribution in [0.4, 0.5) is 15.8 Å². The van der Waals surface area contributed by atoms with Crippen LogP contribution >= 0.6 is 0 Å². The molecule has 1 aliphatic rings. The van der Waals surface area contributed by atoms with Crippen LogP contribution in [0.1, 0.15) is 30.6 Å². The molecule has 6 heteroatoms. The van der Waals surface area contributed by atoms with Crippen molar-refractivity contribution in [1.82, 2.24) is 4.90 Å². The molecule has 2 unspecified atom stereocenters. The van der Waals surface area contributed by atoms with Crippen molar-refractivity contribution in [3.63, 3.8) is 0 Å². The summed E-state index contributed by atoms with van der Waals surface area (Å²) in [5.74, 6) is 0.286. The van der Waals surface area contributed by atoms with Crippen LogP contribution in [0.15, 0.2) is 48.5 Å². The third-order valence-corrected chi connectivity index (χ3v) is 4.86. The summed E-state index contributed by atoms with van der Waals surface area (Å²) >= 11 is 0. The molecule has 2 aromatic rings. The summed E-state index contributed by atoms with van der Waals surface area (Å²) in [5, 5.41) is 5.59. The number of likely N-dealkylation sites (tertiary alicyclic amines) is 1. The van der Waals surface area contributed by atoms with Crippen LogP contribution in [0, 0.1) is 17.7 Å². The molecule has 0 bridgehead atoms. The first-order valence-electron chi connectivity index (χ1n) is 9.59. The molecule has 0 saturated carbocycles. The quantitative estimate of drug-likeness (QED) is 0.821. The number of rotatable bonds is 5. The number of nitrogens with zero attached hydrogens (tertiary/aromatic N) is 1. The summed E-state index contributed by atoms with van der Waals surface area (Å²) in [6.07, 6.45) is 1.19. The lowest BCUT2D eigenvalue weighted by atomic mass is 9.92. The molecule has 0 aromatic heterocycles. The van der Waals surface area contributed by atoms with Gasteiger partial charge in [-0.1, -0.05) is 26.0 Å². The molecule has 3 rings (SSSR count). The summed E-state index contributed by atoms with van der Waals surface area (Å²) in [5.41, 5.74) is 1.31. The van der Waals surface area contributed by atoms with Gasteiger partial charge in [0.25, 0.3) is 5.91 Å². The Morgan fingerprint density at radius 1 is 1.00 bits per heavy atom. The Balaban J connectivity index is 1.65. The van der Waals surface area contributed by atoms with Gasteiger partial charge in [-0.3, -0.25) is 14.5 Å². The molecule has 1 aliphatic heterocycles. The molecule has 2 aromatic carbocycles. The molecule has 2 N–H and O–H groups in total. The Morgan fingerprint density at radius 2 is 1.64 bits per heavy atom. The summed E-state index contributed by atoms with van der Waals surface area (Å²) in [6.45, 7) is 6.53. The number of anilines is 2. The Labute approximate surface area is 164 Å². The van der Waals surface area contributed by atoms with Crippen molar-refractivity contribution < 1.29 is 14.0 Å². The molecule has 5 nitrogen and oxygen atoms in total. The first-order valence-corrected chi connectivity index (χ1v) is 9.59. The van der Waals surface area contributed by atoms with Gasteiger partial charge < -0.3 is 10.6 Å². The third kappa shape index (κ3) is 5.39. The Bertz CT molecular complexity index is 828. The van der Waals surface area contributed by atoms with Crippen LogP contribution in [-0.4, -0.2) is 36.3 Å². The fourth-order valence-corrected chi connectivity index (χ4v) is 3.84. The predicted octanol–water partition coefficient (Wildman–Crippen LogP) is 3.99. The van der Waals surface area contributed by atoms with E-state index in [9.17, 15) is 14.0 Å². The number of piperidine rings is 1. The highest BCUT2D eigenvalue weighted by molar-refractivity contribution is 6.10. The normalized spacial score (nSPS) is 19.8. The number of nitrogens with one attached hydrogen (secondary N) is 2. The Morgan fingerprint density at radius 3 is 2.32 bits per heavy atom. The highest BCUT2D eigenvalue weighted by atomic mass is 19.1. The van der Waals surface area contributed by atoms with E-state index >= 15 is 0 Å². The van der Waals surface area contributed by atoms with Gasteiger partial charge in [0, 0.05) is 18.8 Å². The van der Waals surface area contributed by atoms with E-state index < -0.39 is 0 Å². The second-order valence-electron chi connectivity index (χ2n) is 7.69. The van der Waals surface area contributed by atoms with E-state index in [1.54, 1.807) is 24.3 Å².